The number of rotatable bonds is 2. The first kappa shape index (κ1) is 11.2. The van der Waals surface area contributed by atoms with Gasteiger partial charge in [-0.2, -0.15) is 0 Å². The molecule has 0 atom stereocenters. The molecule has 0 radical (unpaired) electrons. The van der Waals surface area contributed by atoms with Gasteiger partial charge in [-0.05, 0) is 27.6 Å². The van der Waals surface area contributed by atoms with Crippen LogP contribution in [0.25, 0.3) is 0 Å². The maximum absolute atomic E-state index is 12.1. The van der Waals surface area contributed by atoms with E-state index in [0.717, 1.165) is 6.07 Å². The van der Waals surface area contributed by atoms with Gasteiger partial charge in [0.1, 0.15) is 11.3 Å². The van der Waals surface area contributed by atoms with Crippen molar-refractivity contribution in [1.29, 1.82) is 0 Å². The molecule has 78 valence electrons. The Kier molecular flexibility index (Phi) is 3.30. The van der Waals surface area contributed by atoms with Crippen LogP contribution < -0.4 is 4.74 Å². The third-order valence-electron chi connectivity index (χ3n) is 1.20. The van der Waals surface area contributed by atoms with Gasteiger partial charge in [-0.1, -0.05) is 0 Å². The number of pyridine rings is 1. The van der Waals surface area contributed by atoms with E-state index in [1.54, 1.807) is 0 Å². The Balaban J connectivity index is 2.92. The molecule has 0 saturated heterocycles. The Labute approximate surface area is 85.0 Å². The van der Waals surface area contributed by atoms with Crippen LogP contribution in [-0.4, -0.2) is 11.3 Å². The fraction of sp³-hybridized carbons (Fsp3) is 0.286. The van der Waals surface area contributed by atoms with E-state index in [0.29, 0.717) is 0 Å². The summed E-state index contributed by atoms with van der Waals surface area (Å²) in [5.41, 5.74) is 0.0612. The fourth-order valence-corrected chi connectivity index (χ4v) is 1.24. The second kappa shape index (κ2) is 4.12. The highest BCUT2D eigenvalue weighted by atomic mass is 79.9. The van der Waals surface area contributed by atoms with Crippen LogP contribution in [0.4, 0.5) is 17.6 Å². The summed E-state index contributed by atoms with van der Waals surface area (Å²) in [4.78, 5) is 3.37. The van der Waals surface area contributed by atoms with Crippen molar-refractivity contribution >= 4 is 15.9 Å². The van der Waals surface area contributed by atoms with Crippen molar-refractivity contribution in [2.45, 2.75) is 13.0 Å². The lowest BCUT2D eigenvalue weighted by Crippen LogP contribution is -2.18. The SMILES string of the molecule is FCc1cc(Br)nc(OC(F)(F)F)c1. The van der Waals surface area contributed by atoms with Crippen LogP contribution in [0, 0.1) is 0 Å². The molecule has 0 fully saturated rings. The van der Waals surface area contributed by atoms with E-state index in [1.807, 2.05) is 0 Å². The standard InChI is InChI=1S/C7H4BrF4NO/c8-5-1-4(3-9)2-6(13-5)14-7(10,11)12/h1-2H,3H2. The van der Waals surface area contributed by atoms with Crippen molar-refractivity contribution in [3.8, 4) is 5.88 Å². The minimum absolute atomic E-state index is 0.0612. The first-order valence-corrected chi connectivity index (χ1v) is 4.18. The smallest absolute Gasteiger partial charge is 0.388 e. The lowest BCUT2D eigenvalue weighted by molar-refractivity contribution is -0.276. The van der Waals surface area contributed by atoms with Gasteiger partial charge in [-0.3, -0.25) is 0 Å². The van der Waals surface area contributed by atoms with E-state index in [2.05, 4.69) is 25.7 Å². The third kappa shape index (κ3) is 3.49. The Morgan fingerprint density at radius 3 is 2.50 bits per heavy atom. The summed E-state index contributed by atoms with van der Waals surface area (Å²) < 4.78 is 51.0. The third-order valence-corrected chi connectivity index (χ3v) is 1.61. The summed E-state index contributed by atoms with van der Waals surface area (Å²) in [6, 6.07) is 2.15. The predicted molar refractivity (Wildman–Crippen MR) is 43.4 cm³/mol. The molecule has 0 spiro atoms. The molecule has 0 aliphatic heterocycles. The molecule has 14 heavy (non-hydrogen) atoms. The maximum atomic E-state index is 12.1. The Bertz CT molecular complexity index is 328. The number of alkyl halides is 4. The van der Waals surface area contributed by atoms with Crippen LogP contribution in [0.5, 0.6) is 5.88 Å². The lowest BCUT2D eigenvalue weighted by atomic mass is 10.3. The van der Waals surface area contributed by atoms with Gasteiger partial charge in [0, 0.05) is 6.07 Å². The van der Waals surface area contributed by atoms with Crippen LogP contribution in [0.2, 0.25) is 0 Å². The first-order valence-electron chi connectivity index (χ1n) is 3.39. The largest absolute Gasteiger partial charge is 0.574 e. The topological polar surface area (TPSA) is 22.1 Å². The van der Waals surface area contributed by atoms with Crippen LogP contribution in [0.1, 0.15) is 5.56 Å². The Hall–Kier alpha value is -0.850. The van der Waals surface area contributed by atoms with Gasteiger partial charge in [0.15, 0.2) is 0 Å². The number of hydrogen-bond acceptors (Lipinski definition) is 2. The second-order valence-corrected chi connectivity index (χ2v) is 3.13. The maximum Gasteiger partial charge on any atom is 0.574 e. The normalized spacial score (nSPS) is 11.5. The molecule has 1 heterocycles. The van der Waals surface area contributed by atoms with E-state index in [9.17, 15) is 17.6 Å². The molecule has 0 aliphatic carbocycles. The molecule has 0 aliphatic rings. The zero-order valence-corrected chi connectivity index (χ0v) is 8.19. The monoisotopic (exact) mass is 273 g/mol. The second-order valence-electron chi connectivity index (χ2n) is 2.32. The highest BCUT2D eigenvalue weighted by molar-refractivity contribution is 9.10. The van der Waals surface area contributed by atoms with Gasteiger partial charge in [-0.15, -0.1) is 13.2 Å². The Morgan fingerprint density at radius 1 is 1.36 bits per heavy atom. The number of ether oxygens (including phenoxy) is 1. The van der Waals surface area contributed by atoms with Gasteiger partial charge >= 0.3 is 6.36 Å². The fourth-order valence-electron chi connectivity index (χ4n) is 0.771. The molecule has 0 saturated carbocycles. The highest BCUT2D eigenvalue weighted by Crippen LogP contribution is 2.24. The number of halogens is 5. The molecule has 0 N–H and O–H groups in total. The van der Waals surface area contributed by atoms with Crippen molar-refractivity contribution in [2.24, 2.45) is 0 Å². The van der Waals surface area contributed by atoms with Crippen LogP contribution >= 0.6 is 15.9 Å². The average molecular weight is 274 g/mol. The quantitative estimate of drug-likeness (QED) is 0.610. The van der Waals surface area contributed by atoms with E-state index in [1.165, 1.54) is 6.07 Å². The molecule has 0 unspecified atom stereocenters. The summed E-state index contributed by atoms with van der Waals surface area (Å²) in [7, 11) is 0. The van der Waals surface area contributed by atoms with Crippen molar-refractivity contribution < 1.29 is 22.3 Å². The zero-order valence-electron chi connectivity index (χ0n) is 6.61. The summed E-state index contributed by atoms with van der Waals surface area (Å²) >= 11 is 2.84. The van der Waals surface area contributed by atoms with Gasteiger partial charge in [0.25, 0.3) is 0 Å². The van der Waals surface area contributed by atoms with Gasteiger partial charge in [0.2, 0.25) is 5.88 Å². The summed E-state index contributed by atoms with van der Waals surface area (Å²) in [5, 5.41) is 0. The van der Waals surface area contributed by atoms with Crippen molar-refractivity contribution in [3.05, 3.63) is 22.3 Å². The van der Waals surface area contributed by atoms with E-state index < -0.39 is 18.9 Å². The number of nitrogens with zero attached hydrogens (tertiary/aromatic N) is 1. The van der Waals surface area contributed by atoms with Crippen LogP contribution in [-0.2, 0) is 6.67 Å². The number of hydrogen-bond donors (Lipinski definition) is 0. The summed E-state index contributed by atoms with van der Waals surface area (Å²) in [5.74, 6) is -0.681. The predicted octanol–water partition coefficient (Wildman–Crippen LogP) is 3.21. The van der Waals surface area contributed by atoms with Gasteiger partial charge in [-0.25, -0.2) is 9.37 Å². The van der Waals surface area contributed by atoms with E-state index >= 15 is 0 Å². The molecule has 1 rings (SSSR count). The lowest BCUT2D eigenvalue weighted by Gasteiger charge is -2.08. The molecule has 0 amide bonds. The molecule has 1 aromatic heterocycles. The minimum atomic E-state index is -4.82. The minimum Gasteiger partial charge on any atom is -0.388 e. The van der Waals surface area contributed by atoms with E-state index in [4.69, 9.17) is 0 Å². The van der Waals surface area contributed by atoms with Crippen molar-refractivity contribution in [2.75, 3.05) is 0 Å². The molecule has 2 nitrogen and oxygen atoms in total. The highest BCUT2D eigenvalue weighted by Gasteiger charge is 2.32. The van der Waals surface area contributed by atoms with Crippen molar-refractivity contribution in [1.82, 2.24) is 4.98 Å². The molecule has 1 aromatic rings. The van der Waals surface area contributed by atoms with Crippen LogP contribution in [0.3, 0.4) is 0 Å². The van der Waals surface area contributed by atoms with E-state index in [-0.39, 0.29) is 10.2 Å². The first-order chi connectivity index (χ1) is 6.40. The average Bonchev–Trinajstić information content (AvgIpc) is 1.99. The molecular formula is C7H4BrF4NO. The number of aromatic nitrogens is 1. The van der Waals surface area contributed by atoms with Gasteiger partial charge in [0.05, 0.1) is 0 Å². The zero-order chi connectivity index (χ0) is 10.8. The van der Waals surface area contributed by atoms with Crippen molar-refractivity contribution in [3.63, 3.8) is 0 Å². The molecule has 7 heteroatoms. The Morgan fingerprint density at radius 2 is 2.00 bits per heavy atom. The van der Waals surface area contributed by atoms with Crippen LogP contribution in [0.15, 0.2) is 16.7 Å². The molecule has 0 aromatic carbocycles. The molecular weight excluding hydrogens is 270 g/mol. The van der Waals surface area contributed by atoms with Gasteiger partial charge < -0.3 is 4.74 Å². The molecule has 0 bridgehead atoms. The summed E-state index contributed by atoms with van der Waals surface area (Å²) in [6.07, 6.45) is -4.82. The summed E-state index contributed by atoms with van der Waals surface area (Å²) in [6.45, 7) is -0.880.